The molecule has 2 aromatic carbocycles. The minimum absolute atomic E-state index is 0.205. The summed E-state index contributed by atoms with van der Waals surface area (Å²) in [5.74, 6) is 0. The molecular weight excluding hydrogens is 350 g/mol. The van der Waals surface area contributed by atoms with Crippen LogP contribution in [0.4, 0.5) is 5.69 Å². The van der Waals surface area contributed by atoms with Crippen LogP contribution in [-0.4, -0.2) is 8.42 Å². The van der Waals surface area contributed by atoms with Crippen LogP contribution in [0.5, 0.6) is 0 Å². The summed E-state index contributed by atoms with van der Waals surface area (Å²) in [6.45, 7) is 0. The fourth-order valence-corrected chi connectivity index (χ4v) is 4.71. The van der Waals surface area contributed by atoms with Gasteiger partial charge in [0, 0.05) is 5.69 Å². The fourth-order valence-electron chi connectivity index (χ4n) is 2.17. The van der Waals surface area contributed by atoms with Gasteiger partial charge in [0.25, 0.3) is 10.0 Å². The van der Waals surface area contributed by atoms with Crippen LogP contribution in [0, 0.1) is 0 Å². The van der Waals surface area contributed by atoms with E-state index in [9.17, 15) is 8.42 Å². The lowest BCUT2D eigenvalue weighted by Gasteiger charge is -2.07. The first-order chi connectivity index (χ1) is 11.0. The molecule has 0 bridgehead atoms. The second kappa shape index (κ2) is 6.74. The number of rotatable bonds is 5. The number of nitrogens with one attached hydrogen (secondary N) is 1. The average molecular weight is 364 g/mol. The molecule has 0 atom stereocenters. The Kier molecular flexibility index (Phi) is 4.71. The Morgan fingerprint density at radius 2 is 1.52 bits per heavy atom. The number of thiophene rings is 1. The van der Waals surface area contributed by atoms with Gasteiger partial charge >= 0.3 is 0 Å². The third kappa shape index (κ3) is 4.13. The Morgan fingerprint density at radius 1 is 0.870 bits per heavy atom. The van der Waals surface area contributed by atoms with Gasteiger partial charge < -0.3 is 0 Å². The van der Waals surface area contributed by atoms with Gasteiger partial charge in [-0.05, 0) is 41.8 Å². The summed E-state index contributed by atoms with van der Waals surface area (Å²) in [4.78, 5) is 0. The summed E-state index contributed by atoms with van der Waals surface area (Å²) in [6, 6.07) is 20.6. The van der Waals surface area contributed by atoms with E-state index in [2.05, 4.69) is 16.9 Å². The van der Waals surface area contributed by atoms with Crippen LogP contribution >= 0.6 is 22.9 Å². The summed E-state index contributed by atoms with van der Waals surface area (Å²) >= 11 is 6.83. The summed E-state index contributed by atoms with van der Waals surface area (Å²) in [6.07, 6.45) is 0.814. The molecule has 0 saturated carbocycles. The molecule has 0 saturated heterocycles. The van der Waals surface area contributed by atoms with Crippen LogP contribution in [0.25, 0.3) is 0 Å². The van der Waals surface area contributed by atoms with E-state index in [0.717, 1.165) is 23.3 Å². The van der Waals surface area contributed by atoms with Crippen LogP contribution in [0.2, 0.25) is 4.34 Å². The monoisotopic (exact) mass is 363 g/mol. The second-order valence-electron chi connectivity index (χ2n) is 5.02. The molecule has 118 valence electrons. The van der Waals surface area contributed by atoms with Gasteiger partial charge in [0.05, 0.1) is 4.34 Å². The Bertz CT molecular complexity index is 888. The number of hydrogen-bond acceptors (Lipinski definition) is 3. The molecule has 3 nitrogen and oxygen atoms in total. The van der Waals surface area contributed by atoms with Crippen molar-refractivity contribution in [2.75, 3.05) is 4.72 Å². The standard InChI is InChI=1S/C17H14ClNO2S2/c18-16-10-11-17(22-16)23(20,21)19-15-8-6-14(7-9-15)12-13-4-2-1-3-5-13/h1-11,19H,12H2. The van der Waals surface area contributed by atoms with Gasteiger partial charge in [-0.15, -0.1) is 11.3 Å². The molecule has 23 heavy (non-hydrogen) atoms. The maximum Gasteiger partial charge on any atom is 0.271 e. The lowest BCUT2D eigenvalue weighted by atomic mass is 10.1. The Hall–Kier alpha value is -1.82. The lowest BCUT2D eigenvalue weighted by Crippen LogP contribution is -2.11. The molecule has 1 aromatic heterocycles. The van der Waals surface area contributed by atoms with Crippen molar-refractivity contribution < 1.29 is 8.42 Å². The zero-order valence-electron chi connectivity index (χ0n) is 12.1. The highest BCUT2D eigenvalue weighted by Gasteiger charge is 2.16. The molecule has 1 heterocycles. The van der Waals surface area contributed by atoms with Gasteiger partial charge in [-0.25, -0.2) is 8.42 Å². The van der Waals surface area contributed by atoms with Crippen molar-refractivity contribution in [3.05, 3.63) is 82.2 Å². The van der Waals surface area contributed by atoms with Gasteiger partial charge in [-0.2, -0.15) is 0 Å². The normalized spacial score (nSPS) is 11.3. The number of benzene rings is 2. The van der Waals surface area contributed by atoms with Crippen molar-refractivity contribution in [1.29, 1.82) is 0 Å². The maximum atomic E-state index is 12.2. The van der Waals surface area contributed by atoms with Crippen molar-refractivity contribution in [3.8, 4) is 0 Å². The van der Waals surface area contributed by atoms with E-state index in [4.69, 9.17) is 11.6 Å². The van der Waals surface area contributed by atoms with Crippen LogP contribution in [0.1, 0.15) is 11.1 Å². The molecule has 0 aliphatic heterocycles. The Balaban J connectivity index is 1.72. The number of halogens is 1. The molecule has 0 aliphatic rings. The summed E-state index contributed by atoms with van der Waals surface area (Å²) < 4.78 is 27.7. The minimum atomic E-state index is -3.58. The molecule has 0 amide bonds. The predicted molar refractivity (Wildman–Crippen MR) is 95.8 cm³/mol. The molecule has 0 spiro atoms. The van der Waals surface area contributed by atoms with Crippen molar-refractivity contribution in [2.24, 2.45) is 0 Å². The molecule has 6 heteroatoms. The number of hydrogen-bond donors (Lipinski definition) is 1. The zero-order valence-corrected chi connectivity index (χ0v) is 14.5. The molecule has 1 N–H and O–H groups in total. The minimum Gasteiger partial charge on any atom is -0.279 e. The van der Waals surface area contributed by atoms with E-state index in [1.54, 1.807) is 18.2 Å². The van der Waals surface area contributed by atoms with E-state index in [1.165, 1.54) is 11.6 Å². The molecular formula is C17H14ClNO2S2. The van der Waals surface area contributed by atoms with Crippen molar-refractivity contribution in [2.45, 2.75) is 10.6 Å². The van der Waals surface area contributed by atoms with E-state index >= 15 is 0 Å². The highest BCUT2D eigenvalue weighted by atomic mass is 35.5. The largest absolute Gasteiger partial charge is 0.279 e. The lowest BCUT2D eigenvalue weighted by molar-refractivity contribution is 0.603. The Morgan fingerprint density at radius 3 is 2.13 bits per heavy atom. The SMILES string of the molecule is O=S(=O)(Nc1ccc(Cc2ccccc2)cc1)c1ccc(Cl)s1. The number of anilines is 1. The first-order valence-electron chi connectivity index (χ1n) is 6.94. The van der Waals surface area contributed by atoms with Gasteiger partial charge in [0.2, 0.25) is 0 Å². The van der Waals surface area contributed by atoms with E-state index in [-0.39, 0.29) is 4.21 Å². The highest BCUT2D eigenvalue weighted by Crippen LogP contribution is 2.27. The molecule has 3 aromatic rings. The maximum absolute atomic E-state index is 12.2. The highest BCUT2D eigenvalue weighted by molar-refractivity contribution is 7.94. The van der Waals surface area contributed by atoms with Gasteiger partial charge in [0.1, 0.15) is 4.21 Å². The molecule has 0 fully saturated rings. The third-order valence-corrected chi connectivity index (χ3v) is 6.37. The summed E-state index contributed by atoms with van der Waals surface area (Å²) in [5.41, 5.74) is 2.87. The van der Waals surface area contributed by atoms with Gasteiger partial charge in [-0.1, -0.05) is 54.1 Å². The first-order valence-corrected chi connectivity index (χ1v) is 9.62. The molecule has 3 rings (SSSR count). The van der Waals surface area contributed by atoms with Crippen molar-refractivity contribution >= 4 is 38.6 Å². The van der Waals surface area contributed by atoms with E-state index in [0.29, 0.717) is 10.0 Å². The van der Waals surface area contributed by atoms with Crippen LogP contribution in [0.15, 0.2) is 70.9 Å². The zero-order chi connectivity index (χ0) is 16.3. The third-order valence-electron chi connectivity index (χ3n) is 3.27. The summed E-state index contributed by atoms with van der Waals surface area (Å²) in [5, 5.41) is 0. The van der Waals surface area contributed by atoms with E-state index < -0.39 is 10.0 Å². The second-order valence-corrected chi connectivity index (χ2v) is 8.65. The van der Waals surface area contributed by atoms with Gasteiger partial charge in [0.15, 0.2) is 0 Å². The Labute approximate surface area is 144 Å². The van der Waals surface area contributed by atoms with Gasteiger partial charge in [-0.3, -0.25) is 4.72 Å². The van der Waals surface area contributed by atoms with E-state index in [1.807, 2.05) is 30.3 Å². The number of sulfonamides is 1. The topological polar surface area (TPSA) is 46.2 Å². The van der Waals surface area contributed by atoms with Crippen molar-refractivity contribution in [1.82, 2.24) is 0 Å². The molecule has 0 aliphatic carbocycles. The fraction of sp³-hybridized carbons (Fsp3) is 0.0588. The smallest absolute Gasteiger partial charge is 0.271 e. The molecule has 0 unspecified atom stereocenters. The van der Waals surface area contributed by atoms with Crippen molar-refractivity contribution in [3.63, 3.8) is 0 Å². The van der Waals surface area contributed by atoms with Crippen LogP contribution in [-0.2, 0) is 16.4 Å². The first kappa shape index (κ1) is 16.1. The quantitative estimate of drug-likeness (QED) is 0.708. The molecule has 0 radical (unpaired) electrons. The predicted octanol–water partition coefficient (Wildman–Crippen LogP) is 4.79. The van der Waals surface area contributed by atoms with Crippen LogP contribution < -0.4 is 4.72 Å². The average Bonchev–Trinajstić information content (AvgIpc) is 2.98. The van der Waals surface area contributed by atoms with Crippen LogP contribution in [0.3, 0.4) is 0 Å². The summed E-state index contributed by atoms with van der Waals surface area (Å²) in [7, 11) is -3.58.